The molecule has 10 heteroatoms. The number of carbonyl (C=O) groups excluding carboxylic acids is 1. The zero-order valence-corrected chi connectivity index (χ0v) is 19.6. The average molecular weight is 498 g/mol. The molecule has 3 aromatic carbocycles. The highest BCUT2D eigenvalue weighted by Crippen LogP contribution is 2.26. The molecule has 5 rings (SSSR count). The molecule has 2 aromatic heterocycles. The van der Waals surface area contributed by atoms with Gasteiger partial charge in [0.2, 0.25) is 0 Å². The molecule has 4 N–H and O–H groups in total. The van der Waals surface area contributed by atoms with Gasteiger partial charge in [0.05, 0.1) is 24.4 Å². The van der Waals surface area contributed by atoms with Crippen LogP contribution in [0.1, 0.15) is 15.9 Å². The topological polar surface area (TPSA) is 149 Å². The van der Waals surface area contributed by atoms with E-state index in [9.17, 15) is 24.6 Å². The Morgan fingerprint density at radius 1 is 0.892 bits per heavy atom. The van der Waals surface area contributed by atoms with Gasteiger partial charge in [-0.15, -0.1) is 0 Å². The highest BCUT2D eigenvalue weighted by atomic mass is 16.5. The summed E-state index contributed by atoms with van der Waals surface area (Å²) in [6.07, 6.45) is 1.51. The van der Waals surface area contributed by atoms with Crippen molar-refractivity contribution in [3.63, 3.8) is 0 Å². The number of fused-ring (bicyclic) bond motifs is 2. The predicted molar refractivity (Wildman–Crippen MR) is 141 cm³/mol. The third-order valence-electron chi connectivity index (χ3n) is 5.48. The van der Waals surface area contributed by atoms with Crippen LogP contribution in [0.5, 0.6) is 11.5 Å². The summed E-state index contributed by atoms with van der Waals surface area (Å²) in [6.45, 7) is 0. The molecule has 2 heterocycles. The van der Waals surface area contributed by atoms with Gasteiger partial charge in [-0.1, -0.05) is 54.6 Å². The van der Waals surface area contributed by atoms with Crippen molar-refractivity contribution in [3.8, 4) is 11.5 Å². The van der Waals surface area contributed by atoms with Gasteiger partial charge in [-0.05, 0) is 29.8 Å². The van der Waals surface area contributed by atoms with Crippen LogP contribution in [0.25, 0.3) is 21.8 Å². The Balaban J connectivity index is 0.000000207. The molecule has 0 aliphatic heterocycles. The second-order valence-corrected chi connectivity index (χ2v) is 7.76. The van der Waals surface area contributed by atoms with Crippen LogP contribution in [0.3, 0.4) is 0 Å². The molecule has 0 fully saturated rings. The molecular weight excluding hydrogens is 476 g/mol. The molecule has 0 aliphatic carbocycles. The number of methoxy groups -OCH3 is 1. The van der Waals surface area contributed by atoms with E-state index >= 15 is 0 Å². The second kappa shape index (κ2) is 10.5. The number of aromatic nitrogens is 2. The van der Waals surface area contributed by atoms with E-state index < -0.39 is 28.4 Å². The smallest absolute Gasteiger partial charge is 0.347 e. The Bertz CT molecular complexity index is 1760. The molecule has 0 saturated carbocycles. The molecule has 10 nitrogen and oxygen atoms in total. The van der Waals surface area contributed by atoms with Crippen LogP contribution in [0, 0.1) is 0 Å². The van der Waals surface area contributed by atoms with E-state index in [1.807, 2.05) is 30.3 Å². The summed E-state index contributed by atoms with van der Waals surface area (Å²) >= 11 is 0. The van der Waals surface area contributed by atoms with Crippen molar-refractivity contribution in [1.82, 2.24) is 9.35 Å². The molecule has 0 atom stereocenters. The van der Waals surface area contributed by atoms with Crippen LogP contribution in [-0.2, 0) is 4.74 Å². The lowest BCUT2D eigenvalue weighted by Gasteiger charge is -2.10. The molecule has 5 aromatic rings. The molecule has 37 heavy (non-hydrogen) atoms. The first-order chi connectivity index (χ1) is 17.8. The Morgan fingerprint density at radius 2 is 1.49 bits per heavy atom. The van der Waals surface area contributed by atoms with E-state index in [0.717, 1.165) is 28.1 Å². The van der Waals surface area contributed by atoms with Crippen LogP contribution in [-0.4, -0.2) is 38.9 Å². The van der Waals surface area contributed by atoms with Crippen molar-refractivity contribution < 1.29 is 19.7 Å². The van der Waals surface area contributed by atoms with Gasteiger partial charge in [0, 0.05) is 16.8 Å². The fourth-order valence-electron chi connectivity index (χ4n) is 3.66. The van der Waals surface area contributed by atoms with Crippen molar-refractivity contribution in [3.05, 3.63) is 117 Å². The minimum Gasteiger partial charge on any atom is -0.507 e. The van der Waals surface area contributed by atoms with Crippen LogP contribution in [0.2, 0.25) is 0 Å². The van der Waals surface area contributed by atoms with E-state index in [0.29, 0.717) is 21.8 Å². The van der Waals surface area contributed by atoms with Crippen molar-refractivity contribution in [2.75, 3.05) is 13.0 Å². The number of esters is 1. The maximum Gasteiger partial charge on any atom is 0.347 e. The highest BCUT2D eigenvalue weighted by Gasteiger charge is 2.22. The lowest BCUT2D eigenvalue weighted by Crippen LogP contribution is -2.26. The van der Waals surface area contributed by atoms with Crippen LogP contribution in [0.15, 0.2) is 99.6 Å². The summed E-state index contributed by atoms with van der Waals surface area (Å²) in [5.41, 5.74) is 0.0938. The quantitative estimate of drug-likeness (QED) is 0.197. The Kier molecular flexibility index (Phi) is 7.01. The summed E-state index contributed by atoms with van der Waals surface area (Å²) in [4.78, 5) is 35.6. The largest absolute Gasteiger partial charge is 0.507 e. The molecular formula is C27H22N4O6. The van der Waals surface area contributed by atoms with E-state index in [-0.39, 0.29) is 5.75 Å². The maximum atomic E-state index is 12.6. The minimum atomic E-state index is -0.910. The molecule has 0 saturated heterocycles. The van der Waals surface area contributed by atoms with Crippen LogP contribution < -0.4 is 17.0 Å². The standard InChI is InChI=1S/C18H14N2O4.C9H8N2O2/c1-24-18(23)15-16(21)13-9-5-6-10-14(13)20(17(15)22)19-11-12-7-3-2-4-8-12;10-11-7-4-2-1-3-6(7)8(12)5-9(11)13/h2-11,21H,1H3;1-5,12H,10H2/b19-11+;. The number of hydrogen-bond donors (Lipinski definition) is 3. The summed E-state index contributed by atoms with van der Waals surface area (Å²) < 4.78 is 6.69. The molecule has 0 spiro atoms. The fraction of sp³-hybridized carbons (Fsp3) is 0.0370. The number of benzene rings is 3. The van der Waals surface area contributed by atoms with E-state index in [4.69, 9.17) is 5.84 Å². The normalized spacial score (nSPS) is 10.8. The van der Waals surface area contributed by atoms with Gasteiger partial charge < -0.3 is 20.8 Å². The van der Waals surface area contributed by atoms with Gasteiger partial charge in [0.1, 0.15) is 11.5 Å². The number of para-hydroxylation sites is 2. The lowest BCUT2D eigenvalue weighted by molar-refractivity contribution is 0.0595. The first-order valence-electron chi connectivity index (χ1n) is 11.0. The minimum absolute atomic E-state index is 0.0395. The zero-order chi connectivity index (χ0) is 26.5. The van der Waals surface area contributed by atoms with E-state index in [1.165, 1.54) is 6.21 Å². The second-order valence-electron chi connectivity index (χ2n) is 7.76. The number of nitrogens with zero attached hydrogens (tertiary/aromatic N) is 3. The third-order valence-corrected chi connectivity index (χ3v) is 5.48. The average Bonchev–Trinajstić information content (AvgIpc) is 2.92. The summed E-state index contributed by atoms with van der Waals surface area (Å²) in [5.74, 6) is 4.12. The Labute approximate surface area is 209 Å². The zero-order valence-electron chi connectivity index (χ0n) is 19.6. The van der Waals surface area contributed by atoms with Crippen LogP contribution >= 0.6 is 0 Å². The fourth-order valence-corrected chi connectivity index (χ4v) is 3.66. The number of pyridine rings is 2. The Morgan fingerprint density at radius 3 is 2.16 bits per heavy atom. The summed E-state index contributed by atoms with van der Waals surface area (Å²) in [5, 5.41) is 24.8. The molecule has 0 bridgehead atoms. The molecule has 0 unspecified atom stereocenters. The van der Waals surface area contributed by atoms with Crippen molar-refractivity contribution in [2.24, 2.45) is 5.10 Å². The highest BCUT2D eigenvalue weighted by molar-refractivity contribution is 5.99. The van der Waals surface area contributed by atoms with E-state index in [1.54, 1.807) is 48.5 Å². The van der Waals surface area contributed by atoms with Crippen LogP contribution in [0.4, 0.5) is 0 Å². The molecule has 186 valence electrons. The number of nitrogens with two attached hydrogens (primary N) is 1. The Hall–Kier alpha value is -5.38. The SMILES string of the molecule is COC(=O)c1c(O)c2ccccc2n(/N=C/c2ccccc2)c1=O.Nn1c(=O)cc(O)c2ccccc21. The summed E-state index contributed by atoms with van der Waals surface area (Å²) in [7, 11) is 1.15. The van der Waals surface area contributed by atoms with Gasteiger partial charge in [-0.3, -0.25) is 9.59 Å². The van der Waals surface area contributed by atoms with Gasteiger partial charge in [0.15, 0.2) is 5.56 Å². The first kappa shape index (κ1) is 24.7. The van der Waals surface area contributed by atoms with Gasteiger partial charge in [0.25, 0.3) is 11.1 Å². The van der Waals surface area contributed by atoms with Crippen molar-refractivity contribution in [1.29, 1.82) is 0 Å². The molecule has 0 aliphatic rings. The van der Waals surface area contributed by atoms with Gasteiger partial charge in [-0.25, -0.2) is 9.47 Å². The van der Waals surface area contributed by atoms with Crippen molar-refractivity contribution in [2.45, 2.75) is 0 Å². The van der Waals surface area contributed by atoms with E-state index in [2.05, 4.69) is 9.84 Å². The van der Waals surface area contributed by atoms with Gasteiger partial charge in [-0.2, -0.15) is 9.78 Å². The number of hydrogen-bond acceptors (Lipinski definition) is 8. The number of carbonyl (C=O) groups is 1. The maximum absolute atomic E-state index is 12.6. The van der Waals surface area contributed by atoms with Crippen molar-refractivity contribution >= 4 is 34.0 Å². The van der Waals surface area contributed by atoms with Gasteiger partial charge >= 0.3 is 5.97 Å². The number of ether oxygens (including phenoxy) is 1. The number of aromatic hydroxyl groups is 2. The predicted octanol–water partition coefficient (Wildman–Crippen LogP) is 2.80. The molecule has 0 amide bonds. The monoisotopic (exact) mass is 498 g/mol. The molecule has 0 radical (unpaired) electrons. The summed E-state index contributed by atoms with van der Waals surface area (Å²) in [6, 6.07) is 23.9. The third kappa shape index (κ3) is 4.89. The number of rotatable bonds is 3. The first-order valence-corrected chi connectivity index (χ1v) is 11.0. The number of nitrogen functional groups attached to an aromatic ring is 1. The lowest BCUT2D eigenvalue weighted by atomic mass is 10.1.